The first-order valence-corrected chi connectivity index (χ1v) is 5.28. The highest BCUT2D eigenvalue weighted by Gasteiger charge is 2.31. The second-order valence-electron chi connectivity index (χ2n) is 3.85. The highest BCUT2D eigenvalue weighted by Crippen LogP contribution is 2.19. The predicted molar refractivity (Wildman–Crippen MR) is 57.2 cm³/mol. The molecule has 0 radical (unpaired) electrons. The van der Waals surface area contributed by atoms with Crippen molar-refractivity contribution in [1.82, 2.24) is 14.7 Å². The molecule has 0 saturated carbocycles. The summed E-state index contributed by atoms with van der Waals surface area (Å²) in [4.78, 5) is 12.0. The maximum atomic E-state index is 12.3. The van der Waals surface area contributed by atoms with E-state index in [9.17, 15) is 18.0 Å². The molecule has 0 aliphatic carbocycles. The lowest BCUT2D eigenvalue weighted by Crippen LogP contribution is -2.34. The van der Waals surface area contributed by atoms with E-state index in [-0.39, 0.29) is 24.3 Å². The molecule has 0 atom stereocenters. The van der Waals surface area contributed by atoms with Crippen molar-refractivity contribution >= 4 is 5.97 Å². The molecular weight excluding hydrogens is 251 g/mol. The molecule has 102 valence electrons. The SMILES string of the molecule is CCN(Cc1c(C(=O)O)cnn1C)CC(F)(F)F. The zero-order chi connectivity index (χ0) is 13.9. The van der Waals surface area contributed by atoms with Crippen LogP contribution in [0.15, 0.2) is 6.20 Å². The van der Waals surface area contributed by atoms with Crippen molar-refractivity contribution in [3.8, 4) is 0 Å². The number of hydrogen-bond donors (Lipinski definition) is 1. The number of carboxylic acid groups (broad SMARTS) is 1. The molecule has 0 spiro atoms. The van der Waals surface area contributed by atoms with Crippen LogP contribution in [0.5, 0.6) is 0 Å². The largest absolute Gasteiger partial charge is 0.478 e. The summed E-state index contributed by atoms with van der Waals surface area (Å²) in [6, 6.07) is 0. The smallest absolute Gasteiger partial charge is 0.401 e. The molecule has 1 heterocycles. The predicted octanol–water partition coefficient (Wildman–Crippen LogP) is 1.50. The van der Waals surface area contributed by atoms with Crippen molar-refractivity contribution in [3.05, 3.63) is 17.5 Å². The minimum atomic E-state index is -4.31. The lowest BCUT2D eigenvalue weighted by atomic mass is 10.2. The quantitative estimate of drug-likeness (QED) is 0.876. The molecule has 0 aromatic carbocycles. The molecule has 1 aromatic rings. The second-order valence-corrected chi connectivity index (χ2v) is 3.85. The summed E-state index contributed by atoms with van der Waals surface area (Å²) in [5.74, 6) is -1.19. The molecule has 0 fully saturated rings. The zero-order valence-electron chi connectivity index (χ0n) is 10.0. The molecule has 0 bridgehead atoms. The van der Waals surface area contributed by atoms with Gasteiger partial charge in [-0.2, -0.15) is 18.3 Å². The normalized spacial score (nSPS) is 12.1. The molecule has 0 aliphatic rings. The van der Waals surface area contributed by atoms with Crippen molar-refractivity contribution in [3.63, 3.8) is 0 Å². The second kappa shape index (κ2) is 5.38. The van der Waals surface area contributed by atoms with Gasteiger partial charge in [0, 0.05) is 13.6 Å². The van der Waals surface area contributed by atoms with Gasteiger partial charge in [-0.05, 0) is 6.54 Å². The van der Waals surface area contributed by atoms with Crippen molar-refractivity contribution in [2.24, 2.45) is 7.05 Å². The first kappa shape index (κ1) is 14.5. The van der Waals surface area contributed by atoms with E-state index in [1.807, 2.05) is 0 Å². The van der Waals surface area contributed by atoms with E-state index in [0.717, 1.165) is 11.1 Å². The highest BCUT2D eigenvalue weighted by molar-refractivity contribution is 5.88. The molecule has 0 aliphatic heterocycles. The number of carboxylic acids is 1. The van der Waals surface area contributed by atoms with Crippen molar-refractivity contribution in [2.75, 3.05) is 13.1 Å². The van der Waals surface area contributed by atoms with Crippen LogP contribution in [0.4, 0.5) is 13.2 Å². The molecule has 1 rings (SSSR count). The fraction of sp³-hybridized carbons (Fsp3) is 0.600. The number of rotatable bonds is 5. The summed E-state index contributed by atoms with van der Waals surface area (Å²) in [7, 11) is 1.50. The Hall–Kier alpha value is -1.57. The fourth-order valence-corrected chi connectivity index (χ4v) is 1.57. The number of nitrogens with zero attached hydrogens (tertiary/aromatic N) is 3. The van der Waals surface area contributed by atoms with Gasteiger partial charge in [0.05, 0.1) is 18.4 Å². The summed E-state index contributed by atoms with van der Waals surface area (Å²) < 4.78 is 38.2. The summed E-state index contributed by atoms with van der Waals surface area (Å²) in [6.45, 7) is 0.578. The van der Waals surface area contributed by atoms with Crippen LogP contribution in [0.1, 0.15) is 23.0 Å². The lowest BCUT2D eigenvalue weighted by molar-refractivity contribution is -0.146. The monoisotopic (exact) mass is 265 g/mol. The zero-order valence-corrected chi connectivity index (χ0v) is 10.0. The number of aromatic carboxylic acids is 1. The Kier molecular flexibility index (Phi) is 4.33. The van der Waals surface area contributed by atoms with Gasteiger partial charge in [-0.3, -0.25) is 9.58 Å². The van der Waals surface area contributed by atoms with Crippen LogP contribution in [-0.2, 0) is 13.6 Å². The Bertz CT molecular complexity index is 428. The number of aryl methyl sites for hydroxylation is 1. The third-order valence-corrected chi connectivity index (χ3v) is 2.52. The Labute approximate surface area is 102 Å². The summed E-state index contributed by atoms with van der Waals surface area (Å²) in [6.07, 6.45) is -3.17. The molecule has 0 unspecified atom stereocenters. The highest BCUT2D eigenvalue weighted by atomic mass is 19.4. The van der Waals surface area contributed by atoms with E-state index in [1.54, 1.807) is 6.92 Å². The Morgan fingerprint density at radius 1 is 1.56 bits per heavy atom. The van der Waals surface area contributed by atoms with Crippen LogP contribution in [0, 0.1) is 0 Å². The van der Waals surface area contributed by atoms with Gasteiger partial charge in [0.15, 0.2) is 0 Å². The first-order chi connectivity index (χ1) is 8.24. The lowest BCUT2D eigenvalue weighted by Gasteiger charge is -2.22. The van der Waals surface area contributed by atoms with Gasteiger partial charge >= 0.3 is 12.1 Å². The molecule has 8 heteroatoms. The van der Waals surface area contributed by atoms with Gasteiger partial charge in [-0.15, -0.1) is 0 Å². The van der Waals surface area contributed by atoms with Gasteiger partial charge in [-0.25, -0.2) is 4.79 Å². The van der Waals surface area contributed by atoms with Crippen molar-refractivity contribution in [2.45, 2.75) is 19.6 Å². The number of halogens is 3. The van der Waals surface area contributed by atoms with Gasteiger partial charge in [0.1, 0.15) is 5.56 Å². The van der Waals surface area contributed by atoms with Gasteiger partial charge in [-0.1, -0.05) is 6.92 Å². The maximum Gasteiger partial charge on any atom is 0.401 e. The number of carbonyl (C=O) groups is 1. The Morgan fingerprint density at radius 2 is 2.17 bits per heavy atom. The minimum absolute atomic E-state index is 0.0712. The average molecular weight is 265 g/mol. The van der Waals surface area contributed by atoms with Gasteiger partial charge in [0.25, 0.3) is 0 Å². The fourth-order valence-electron chi connectivity index (χ4n) is 1.57. The Balaban J connectivity index is 2.88. The minimum Gasteiger partial charge on any atom is -0.478 e. The summed E-state index contributed by atoms with van der Waals surface area (Å²) in [5.41, 5.74) is 0.187. The standard InChI is InChI=1S/C10H14F3N3O2/c1-3-16(6-10(11,12)13)5-8-7(9(17)18)4-14-15(8)2/h4H,3,5-6H2,1-2H3,(H,17,18). The molecule has 0 saturated heterocycles. The third kappa shape index (κ3) is 3.73. The van der Waals surface area contributed by atoms with E-state index < -0.39 is 18.7 Å². The molecule has 5 nitrogen and oxygen atoms in total. The molecule has 1 aromatic heterocycles. The van der Waals surface area contributed by atoms with E-state index in [1.165, 1.54) is 11.7 Å². The average Bonchev–Trinajstić information content (AvgIpc) is 2.57. The van der Waals surface area contributed by atoms with Crippen LogP contribution in [0.2, 0.25) is 0 Å². The van der Waals surface area contributed by atoms with E-state index >= 15 is 0 Å². The van der Waals surface area contributed by atoms with E-state index in [4.69, 9.17) is 5.11 Å². The summed E-state index contributed by atoms with van der Waals surface area (Å²) >= 11 is 0. The van der Waals surface area contributed by atoms with Crippen LogP contribution in [0.3, 0.4) is 0 Å². The van der Waals surface area contributed by atoms with Crippen molar-refractivity contribution in [1.29, 1.82) is 0 Å². The molecule has 0 amide bonds. The third-order valence-electron chi connectivity index (χ3n) is 2.52. The maximum absolute atomic E-state index is 12.3. The van der Waals surface area contributed by atoms with Crippen LogP contribution in [-0.4, -0.2) is 45.0 Å². The first-order valence-electron chi connectivity index (χ1n) is 5.28. The Morgan fingerprint density at radius 3 is 2.61 bits per heavy atom. The van der Waals surface area contributed by atoms with Gasteiger partial charge < -0.3 is 5.11 Å². The molecule has 18 heavy (non-hydrogen) atoms. The van der Waals surface area contributed by atoms with Crippen LogP contribution >= 0.6 is 0 Å². The summed E-state index contributed by atoms with van der Waals surface area (Å²) in [5, 5.41) is 12.7. The van der Waals surface area contributed by atoms with E-state index in [0.29, 0.717) is 0 Å². The van der Waals surface area contributed by atoms with Crippen LogP contribution < -0.4 is 0 Å². The number of alkyl halides is 3. The molecular formula is C10H14F3N3O2. The van der Waals surface area contributed by atoms with Gasteiger partial charge in [0.2, 0.25) is 0 Å². The van der Waals surface area contributed by atoms with Crippen molar-refractivity contribution < 1.29 is 23.1 Å². The number of aromatic nitrogens is 2. The van der Waals surface area contributed by atoms with Crippen LogP contribution in [0.25, 0.3) is 0 Å². The van der Waals surface area contributed by atoms with E-state index in [2.05, 4.69) is 5.10 Å². The topological polar surface area (TPSA) is 58.4 Å². The number of hydrogen-bond acceptors (Lipinski definition) is 3. The molecule has 1 N–H and O–H groups in total.